The van der Waals surface area contributed by atoms with Crippen molar-refractivity contribution >= 4 is 24.3 Å². The molecule has 21 heavy (non-hydrogen) atoms. The summed E-state index contributed by atoms with van der Waals surface area (Å²) in [7, 11) is 1.38. The lowest BCUT2D eigenvalue weighted by molar-refractivity contribution is -0.143. The standard InChI is InChI=1S/C15H28N2O3.ClH/c1-5-15(6-2,10-13(18)20-4)17-14(19)12-7-8-16-11(3)9-12;/h11-12,16H,5-10H2,1-4H3,(H,17,19);1H/t11-,12-;/m0./s1. The molecular weight excluding hydrogens is 292 g/mol. The van der Waals surface area contributed by atoms with Crippen LogP contribution in [0.5, 0.6) is 0 Å². The topological polar surface area (TPSA) is 67.4 Å². The van der Waals surface area contributed by atoms with Gasteiger partial charge in [0.25, 0.3) is 0 Å². The number of carbonyl (C=O) groups excluding carboxylic acids is 2. The van der Waals surface area contributed by atoms with Gasteiger partial charge >= 0.3 is 5.97 Å². The van der Waals surface area contributed by atoms with Crippen LogP contribution in [-0.2, 0) is 14.3 Å². The molecule has 0 aromatic heterocycles. The van der Waals surface area contributed by atoms with E-state index >= 15 is 0 Å². The molecule has 1 aliphatic heterocycles. The molecule has 124 valence electrons. The van der Waals surface area contributed by atoms with E-state index in [9.17, 15) is 9.59 Å². The van der Waals surface area contributed by atoms with E-state index in [1.165, 1.54) is 7.11 Å². The summed E-state index contributed by atoms with van der Waals surface area (Å²) in [5.74, 6) is -0.153. The zero-order valence-corrected chi connectivity index (χ0v) is 14.3. The van der Waals surface area contributed by atoms with Crippen LogP contribution in [0.2, 0.25) is 0 Å². The smallest absolute Gasteiger partial charge is 0.307 e. The highest BCUT2D eigenvalue weighted by molar-refractivity contribution is 5.85. The van der Waals surface area contributed by atoms with E-state index in [0.717, 1.165) is 32.2 Å². The number of nitrogens with one attached hydrogen (secondary N) is 2. The van der Waals surface area contributed by atoms with Gasteiger partial charge < -0.3 is 15.4 Å². The Balaban J connectivity index is 0.00000400. The lowest BCUT2D eigenvalue weighted by Gasteiger charge is -2.35. The van der Waals surface area contributed by atoms with Crippen LogP contribution < -0.4 is 10.6 Å². The molecule has 1 fully saturated rings. The molecule has 1 amide bonds. The first-order valence-corrected chi connectivity index (χ1v) is 7.58. The summed E-state index contributed by atoms with van der Waals surface area (Å²) in [5, 5.41) is 6.46. The van der Waals surface area contributed by atoms with Crippen molar-refractivity contribution < 1.29 is 14.3 Å². The molecule has 1 aliphatic rings. The van der Waals surface area contributed by atoms with Gasteiger partial charge in [0.2, 0.25) is 5.91 Å². The molecule has 0 saturated carbocycles. The van der Waals surface area contributed by atoms with Crippen molar-refractivity contribution in [2.45, 2.75) is 64.5 Å². The van der Waals surface area contributed by atoms with E-state index in [2.05, 4.69) is 17.6 Å². The molecule has 1 rings (SSSR count). The Kier molecular flexibility index (Phi) is 8.90. The predicted octanol–water partition coefficient (Wildman–Crippen LogP) is 2.03. The van der Waals surface area contributed by atoms with Gasteiger partial charge in [-0.15, -0.1) is 12.4 Å². The van der Waals surface area contributed by atoms with Crippen LogP contribution in [0.3, 0.4) is 0 Å². The van der Waals surface area contributed by atoms with Gasteiger partial charge in [-0.3, -0.25) is 9.59 Å². The molecule has 2 N–H and O–H groups in total. The third-order valence-electron chi connectivity index (χ3n) is 4.45. The monoisotopic (exact) mass is 320 g/mol. The van der Waals surface area contributed by atoms with Crippen LogP contribution in [0.25, 0.3) is 0 Å². The van der Waals surface area contributed by atoms with Crippen LogP contribution >= 0.6 is 12.4 Å². The van der Waals surface area contributed by atoms with Crippen molar-refractivity contribution in [2.75, 3.05) is 13.7 Å². The van der Waals surface area contributed by atoms with E-state index in [1.807, 2.05) is 13.8 Å². The molecule has 0 spiro atoms. The van der Waals surface area contributed by atoms with Gasteiger partial charge in [0, 0.05) is 17.5 Å². The maximum absolute atomic E-state index is 12.5. The number of hydrogen-bond donors (Lipinski definition) is 2. The fraction of sp³-hybridized carbons (Fsp3) is 0.867. The van der Waals surface area contributed by atoms with Gasteiger partial charge in [0.1, 0.15) is 0 Å². The molecule has 0 unspecified atom stereocenters. The summed E-state index contributed by atoms with van der Waals surface area (Å²) in [5.41, 5.74) is -0.474. The number of methoxy groups -OCH3 is 1. The fourth-order valence-corrected chi connectivity index (χ4v) is 2.80. The summed E-state index contributed by atoms with van der Waals surface area (Å²) >= 11 is 0. The van der Waals surface area contributed by atoms with E-state index in [0.29, 0.717) is 6.04 Å². The van der Waals surface area contributed by atoms with E-state index in [-0.39, 0.29) is 36.6 Å². The predicted molar refractivity (Wildman–Crippen MR) is 85.5 cm³/mol. The minimum Gasteiger partial charge on any atom is -0.469 e. The molecule has 6 heteroatoms. The van der Waals surface area contributed by atoms with Crippen LogP contribution in [0, 0.1) is 5.92 Å². The van der Waals surface area contributed by atoms with E-state index in [1.54, 1.807) is 0 Å². The number of amides is 1. The molecule has 0 bridgehead atoms. The zero-order valence-electron chi connectivity index (χ0n) is 13.5. The summed E-state index contributed by atoms with van der Waals surface area (Å²) in [6.07, 6.45) is 3.41. The molecule has 0 aromatic rings. The van der Waals surface area contributed by atoms with Crippen molar-refractivity contribution in [3.8, 4) is 0 Å². The lowest BCUT2D eigenvalue weighted by Crippen LogP contribution is -2.53. The Morgan fingerprint density at radius 3 is 2.43 bits per heavy atom. The maximum Gasteiger partial charge on any atom is 0.307 e. The van der Waals surface area contributed by atoms with Crippen molar-refractivity contribution in [1.29, 1.82) is 0 Å². The number of ether oxygens (including phenoxy) is 1. The number of halogens is 1. The molecule has 0 aliphatic carbocycles. The highest BCUT2D eigenvalue weighted by Gasteiger charge is 2.34. The third kappa shape index (κ3) is 5.83. The fourth-order valence-electron chi connectivity index (χ4n) is 2.80. The Hall–Kier alpha value is -0.810. The first-order valence-electron chi connectivity index (χ1n) is 7.58. The molecule has 2 atom stereocenters. The number of rotatable bonds is 6. The van der Waals surface area contributed by atoms with Crippen molar-refractivity contribution in [3.05, 3.63) is 0 Å². The molecule has 1 heterocycles. The highest BCUT2D eigenvalue weighted by Crippen LogP contribution is 2.23. The van der Waals surface area contributed by atoms with E-state index in [4.69, 9.17) is 4.74 Å². The minimum absolute atomic E-state index is 0. The quantitative estimate of drug-likeness (QED) is 0.735. The first-order chi connectivity index (χ1) is 9.46. The lowest BCUT2D eigenvalue weighted by atomic mass is 9.86. The van der Waals surface area contributed by atoms with Gasteiger partial charge in [-0.1, -0.05) is 13.8 Å². The summed E-state index contributed by atoms with van der Waals surface area (Å²) in [6, 6.07) is 0.373. The second-order valence-electron chi connectivity index (χ2n) is 5.81. The average molecular weight is 321 g/mol. The van der Waals surface area contributed by atoms with Crippen molar-refractivity contribution in [1.82, 2.24) is 10.6 Å². The maximum atomic E-state index is 12.5. The second kappa shape index (κ2) is 9.26. The van der Waals surface area contributed by atoms with Gasteiger partial charge in [-0.05, 0) is 39.2 Å². The first kappa shape index (κ1) is 20.2. The summed E-state index contributed by atoms with van der Waals surface area (Å²) in [4.78, 5) is 24.0. The summed E-state index contributed by atoms with van der Waals surface area (Å²) < 4.78 is 4.75. The Morgan fingerprint density at radius 1 is 1.33 bits per heavy atom. The van der Waals surface area contributed by atoms with Gasteiger partial charge in [-0.2, -0.15) is 0 Å². The molecule has 0 aromatic carbocycles. The number of piperidine rings is 1. The Bertz CT molecular complexity index is 346. The molecular formula is C15H29ClN2O3. The molecule has 1 saturated heterocycles. The van der Waals surface area contributed by atoms with Crippen LogP contribution in [-0.4, -0.2) is 37.1 Å². The number of hydrogen-bond acceptors (Lipinski definition) is 4. The van der Waals surface area contributed by atoms with Crippen LogP contribution in [0.4, 0.5) is 0 Å². The molecule has 5 nitrogen and oxygen atoms in total. The average Bonchev–Trinajstić information content (AvgIpc) is 2.46. The van der Waals surface area contributed by atoms with Gasteiger partial charge in [0.15, 0.2) is 0 Å². The summed E-state index contributed by atoms with van der Waals surface area (Å²) in [6.45, 7) is 6.97. The van der Waals surface area contributed by atoms with Crippen LogP contribution in [0.15, 0.2) is 0 Å². The SMILES string of the molecule is CCC(CC)(CC(=O)OC)NC(=O)[C@H]1CCN[C@@H](C)C1.Cl. The number of carbonyl (C=O) groups is 2. The van der Waals surface area contributed by atoms with E-state index < -0.39 is 5.54 Å². The highest BCUT2D eigenvalue weighted by atomic mass is 35.5. The van der Waals surface area contributed by atoms with Crippen molar-refractivity contribution in [3.63, 3.8) is 0 Å². The second-order valence-corrected chi connectivity index (χ2v) is 5.81. The Morgan fingerprint density at radius 2 is 1.95 bits per heavy atom. The van der Waals surface area contributed by atoms with Gasteiger partial charge in [-0.25, -0.2) is 0 Å². The molecule has 0 radical (unpaired) electrons. The van der Waals surface area contributed by atoms with Gasteiger partial charge in [0.05, 0.1) is 13.5 Å². The van der Waals surface area contributed by atoms with Crippen molar-refractivity contribution in [2.24, 2.45) is 5.92 Å². The third-order valence-corrected chi connectivity index (χ3v) is 4.45. The zero-order chi connectivity index (χ0) is 15.2. The number of esters is 1. The largest absolute Gasteiger partial charge is 0.469 e. The van der Waals surface area contributed by atoms with Crippen LogP contribution in [0.1, 0.15) is 52.9 Å². The normalized spacial score (nSPS) is 22.1. The Labute approximate surface area is 134 Å². The minimum atomic E-state index is -0.474.